The molecule has 2 fully saturated rings. The lowest BCUT2D eigenvalue weighted by Gasteiger charge is -2.48. The number of nitrogens with zero attached hydrogens (tertiary/aromatic N) is 5. The van der Waals surface area contributed by atoms with Crippen LogP contribution in [-0.2, 0) is 16.6 Å². The predicted octanol–water partition coefficient (Wildman–Crippen LogP) is -1.20. The number of aliphatic carboxylic acids is 1. The molecular weight excluding hydrogens is 296 g/mol. The van der Waals surface area contributed by atoms with E-state index in [4.69, 9.17) is 0 Å². The second-order valence-electron chi connectivity index (χ2n) is 5.23. The van der Waals surface area contributed by atoms with Gasteiger partial charge in [0.15, 0.2) is 0 Å². The van der Waals surface area contributed by atoms with Crippen LogP contribution in [0.1, 0.15) is 6.42 Å². The lowest BCUT2D eigenvalue weighted by Crippen LogP contribution is -2.71. The monoisotopic (exact) mass is 308 g/mol. The molecule has 4 heterocycles. The molecular formula is C11H12N6O3S. The van der Waals surface area contributed by atoms with Gasteiger partial charge in [-0.15, -0.1) is 5.10 Å². The van der Waals surface area contributed by atoms with Gasteiger partial charge >= 0.3 is 5.97 Å². The summed E-state index contributed by atoms with van der Waals surface area (Å²) >= 11 is 1.24. The van der Waals surface area contributed by atoms with Crippen molar-refractivity contribution in [2.24, 2.45) is 13.0 Å². The van der Waals surface area contributed by atoms with E-state index in [-0.39, 0.29) is 29.6 Å². The van der Waals surface area contributed by atoms with Crippen molar-refractivity contribution >= 4 is 23.6 Å². The Kier molecular flexibility index (Phi) is 2.60. The maximum atomic E-state index is 12.1. The average Bonchev–Trinajstić information content (AvgIpc) is 3.00. The number of thioether (sulfide) groups is 1. The van der Waals surface area contributed by atoms with Crippen LogP contribution >= 0.6 is 11.8 Å². The highest BCUT2D eigenvalue weighted by Crippen LogP contribution is 2.51. The van der Waals surface area contributed by atoms with Crippen molar-refractivity contribution in [1.82, 2.24) is 30.4 Å². The third-order valence-corrected chi connectivity index (χ3v) is 5.42. The van der Waals surface area contributed by atoms with Crippen molar-refractivity contribution in [3.63, 3.8) is 0 Å². The quantitative estimate of drug-likeness (QED) is 0.670. The third kappa shape index (κ3) is 1.59. The molecule has 4 rings (SSSR count). The summed E-state index contributed by atoms with van der Waals surface area (Å²) in [4.78, 5) is 25.8. The Morgan fingerprint density at radius 2 is 2.33 bits per heavy atom. The molecule has 0 aromatic carbocycles. The van der Waals surface area contributed by atoms with Gasteiger partial charge in [-0.3, -0.25) is 9.69 Å². The fourth-order valence-corrected chi connectivity index (χ4v) is 4.41. The Morgan fingerprint density at radius 3 is 3.00 bits per heavy atom. The topological polar surface area (TPSA) is 113 Å². The van der Waals surface area contributed by atoms with Crippen LogP contribution in [0.3, 0.4) is 0 Å². The lowest BCUT2D eigenvalue weighted by molar-refractivity contribution is -0.154. The number of rotatable bonds is 3. The lowest BCUT2D eigenvalue weighted by atomic mass is 9.82. The van der Waals surface area contributed by atoms with Crippen molar-refractivity contribution in [1.29, 1.82) is 0 Å². The summed E-state index contributed by atoms with van der Waals surface area (Å²) in [6, 6.07) is -0.338. The van der Waals surface area contributed by atoms with E-state index in [0.29, 0.717) is 16.6 Å². The maximum Gasteiger partial charge on any atom is 0.353 e. The number of piperidine rings is 1. The summed E-state index contributed by atoms with van der Waals surface area (Å²) in [6.45, 7) is 0.708. The van der Waals surface area contributed by atoms with Crippen LogP contribution in [0.25, 0.3) is 0 Å². The van der Waals surface area contributed by atoms with Crippen LogP contribution in [0, 0.1) is 5.92 Å². The Hall–Kier alpha value is -1.94. The van der Waals surface area contributed by atoms with Gasteiger partial charge in [-0.2, -0.15) is 0 Å². The molecule has 1 unspecified atom stereocenters. The summed E-state index contributed by atoms with van der Waals surface area (Å²) in [7, 11) is 1.70. The van der Waals surface area contributed by atoms with Gasteiger partial charge in [0.25, 0.3) is 0 Å². The van der Waals surface area contributed by atoms with Gasteiger partial charge in [0.1, 0.15) is 11.7 Å². The van der Waals surface area contributed by atoms with Crippen molar-refractivity contribution in [2.45, 2.75) is 23.7 Å². The largest absolute Gasteiger partial charge is 0.477 e. The fourth-order valence-electron chi connectivity index (χ4n) is 3.27. The number of aromatic nitrogens is 4. The zero-order valence-corrected chi connectivity index (χ0v) is 11.9. The summed E-state index contributed by atoms with van der Waals surface area (Å²) < 4.78 is 1.49. The molecule has 1 amide bonds. The minimum absolute atomic E-state index is 0.0433. The number of carboxylic acid groups (broad SMARTS) is 1. The molecule has 0 radical (unpaired) electrons. The number of nitrogens with one attached hydrogen (secondary N) is 1. The zero-order valence-electron chi connectivity index (χ0n) is 11.1. The van der Waals surface area contributed by atoms with Crippen molar-refractivity contribution in [3.05, 3.63) is 10.6 Å². The van der Waals surface area contributed by atoms with E-state index >= 15 is 0 Å². The molecule has 3 aliphatic rings. The number of tetrazole rings is 1. The van der Waals surface area contributed by atoms with E-state index in [1.54, 1.807) is 7.05 Å². The highest BCUT2D eigenvalue weighted by molar-refractivity contribution is 8.03. The molecule has 3 aliphatic heterocycles. The first kappa shape index (κ1) is 12.8. The minimum Gasteiger partial charge on any atom is -0.477 e. The molecule has 0 saturated carbocycles. The molecule has 0 aliphatic carbocycles. The summed E-state index contributed by atoms with van der Waals surface area (Å²) in [5.41, 5.74) is 0.0861. The van der Waals surface area contributed by atoms with Gasteiger partial charge in [-0.1, -0.05) is 0 Å². The number of β-lactam (4-membered cyclic amide) rings is 1. The first-order chi connectivity index (χ1) is 10.1. The van der Waals surface area contributed by atoms with Gasteiger partial charge in [-0.05, 0) is 35.2 Å². The number of amides is 1. The Labute approximate surface area is 123 Å². The van der Waals surface area contributed by atoms with Crippen molar-refractivity contribution in [2.75, 3.05) is 6.54 Å². The maximum absolute atomic E-state index is 12.1. The van der Waals surface area contributed by atoms with Crippen LogP contribution in [0.15, 0.2) is 15.8 Å². The Morgan fingerprint density at radius 1 is 1.52 bits per heavy atom. The van der Waals surface area contributed by atoms with Crippen LogP contribution in [0.5, 0.6) is 0 Å². The second kappa shape index (κ2) is 4.28. The average molecular weight is 308 g/mol. The van der Waals surface area contributed by atoms with Crippen LogP contribution in [0.4, 0.5) is 0 Å². The molecule has 1 aromatic rings. The summed E-state index contributed by atoms with van der Waals surface area (Å²) in [5.74, 6) is -1.19. The SMILES string of the molecule is Cn1nnnc1SC1=C(C(=O)O)N2C(=O)[C@H]3NCCC1[C@H]32. The summed E-state index contributed by atoms with van der Waals surface area (Å²) in [5, 5.41) is 24.4. The molecule has 110 valence electrons. The first-order valence-electron chi connectivity index (χ1n) is 6.53. The molecule has 2 N–H and O–H groups in total. The van der Waals surface area contributed by atoms with Crippen LogP contribution < -0.4 is 5.32 Å². The van der Waals surface area contributed by atoms with E-state index in [1.807, 2.05) is 0 Å². The number of carbonyl (C=O) groups excluding carboxylic acids is 1. The van der Waals surface area contributed by atoms with Crippen molar-refractivity contribution < 1.29 is 14.7 Å². The molecule has 0 spiro atoms. The highest BCUT2D eigenvalue weighted by atomic mass is 32.2. The van der Waals surface area contributed by atoms with Crippen molar-refractivity contribution in [3.8, 4) is 0 Å². The van der Waals surface area contributed by atoms with Gasteiger partial charge in [0.05, 0.1) is 6.04 Å². The first-order valence-corrected chi connectivity index (χ1v) is 7.35. The number of hydrogen-bond acceptors (Lipinski definition) is 7. The molecule has 21 heavy (non-hydrogen) atoms. The smallest absolute Gasteiger partial charge is 0.353 e. The third-order valence-electron chi connectivity index (χ3n) is 4.17. The molecule has 10 heteroatoms. The zero-order chi connectivity index (χ0) is 14.7. The van der Waals surface area contributed by atoms with Gasteiger partial charge in [0, 0.05) is 17.9 Å². The number of aryl methyl sites for hydroxylation is 1. The summed E-state index contributed by atoms with van der Waals surface area (Å²) in [6.07, 6.45) is 0.801. The van der Waals surface area contributed by atoms with E-state index in [0.717, 1.165) is 6.42 Å². The van der Waals surface area contributed by atoms with E-state index < -0.39 is 5.97 Å². The molecule has 0 bridgehead atoms. The predicted molar refractivity (Wildman–Crippen MR) is 69.8 cm³/mol. The standard InChI is InChI=1S/C11H12N6O3S/c1-16-11(13-14-15-16)21-8-4-2-3-12-5-6(4)17(9(5)18)7(8)10(19)20/h4-6,12H,2-3H2,1H3,(H,19,20)/t4?,5-,6+/m0/s1. The fraction of sp³-hybridized carbons (Fsp3) is 0.545. The molecule has 1 aromatic heterocycles. The number of hydrogen-bond donors (Lipinski definition) is 2. The van der Waals surface area contributed by atoms with E-state index in [1.165, 1.54) is 21.3 Å². The van der Waals surface area contributed by atoms with Crippen LogP contribution in [0.2, 0.25) is 0 Å². The van der Waals surface area contributed by atoms with Gasteiger partial charge in [0.2, 0.25) is 11.1 Å². The Bertz CT molecular complexity index is 685. The molecule has 9 nitrogen and oxygen atoms in total. The number of carbonyl (C=O) groups is 2. The van der Waals surface area contributed by atoms with Crippen LogP contribution in [-0.4, -0.2) is 60.7 Å². The Balaban J connectivity index is 1.77. The minimum atomic E-state index is -1.08. The van der Waals surface area contributed by atoms with E-state index in [2.05, 4.69) is 20.8 Å². The normalized spacial score (nSPS) is 30.4. The van der Waals surface area contributed by atoms with E-state index in [9.17, 15) is 14.7 Å². The van der Waals surface area contributed by atoms with Gasteiger partial charge in [-0.25, -0.2) is 9.48 Å². The molecule has 2 saturated heterocycles. The second-order valence-corrected chi connectivity index (χ2v) is 6.24. The highest BCUT2D eigenvalue weighted by Gasteiger charge is 2.61. The van der Waals surface area contributed by atoms with Gasteiger partial charge < -0.3 is 10.4 Å². The number of carboxylic acids is 1. The molecule has 3 atom stereocenters.